The van der Waals surface area contributed by atoms with Gasteiger partial charge in [-0.2, -0.15) is 0 Å². The van der Waals surface area contributed by atoms with Gasteiger partial charge in [0.15, 0.2) is 0 Å². The highest BCUT2D eigenvalue weighted by Crippen LogP contribution is 2.12. The van der Waals surface area contributed by atoms with E-state index in [1.807, 2.05) is 13.8 Å². The average Bonchev–Trinajstić information content (AvgIpc) is 2.30. The summed E-state index contributed by atoms with van der Waals surface area (Å²) in [6.45, 7) is 3.95. The molecule has 0 aliphatic carbocycles. The van der Waals surface area contributed by atoms with Crippen molar-refractivity contribution >= 4 is 23.2 Å². The lowest BCUT2D eigenvalue weighted by Gasteiger charge is -2.17. The second-order valence-corrected chi connectivity index (χ2v) is 4.16. The van der Waals surface area contributed by atoms with Crippen LogP contribution in [0.25, 0.3) is 0 Å². The molecule has 1 aromatic rings. The van der Waals surface area contributed by atoms with E-state index in [-0.39, 0.29) is 11.8 Å². The van der Waals surface area contributed by atoms with E-state index in [2.05, 4.69) is 10.3 Å². The first-order chi connectivity index (χ1) is 7.54. The van der Waals surface area contributed by atoms with Crippen LogP contribution < -0.4 is 11.1 Å². The fourth-order valence-corrected chi connectivity index (χ4v) is 1.30. The van der Waals surface area contributed by atoms with Crippen molar-refractivity contribution in [1.29, 1.82) is 0 Å². The SMILES string of the molecule is CCC(C)C(N)C(=O)Nc1ccc(Cl)nc1. The van der Waals surface area contributed by atoms with Gasteiger partial charge in [-0.15, -0.1) is 0 Å². The lowest BCUT2D eigenvalue weighted by molar-refractivity contribution is -0.118. The van der Waals surface area contributed by atoms with Crippen LogP contribution in [-0.4, -0.2) is 16.9 Å². The zero-order valence-electron chi connectivity index (χ0n) is 9.40. The van der Waals surface area contributed by atoms with Crippen LogP contribution >= 0.6 is 11.6 Å². The summed E-state index contributed by atoms with van der Waals surface area (Å²) in [7, 11) is 0. The van der Waals surface area contributed by atoms with Gasteiger partial charge >= 0.3 is 0 Å². The monoisotopic (exact) mass is 241 g/mol. The highest BCUT2D eigenvalue weighted by atomic mass is 35.5. The predicted octanol–water partition coefficient (Wildman–Crippen LogP) is 2.05. The molecule has 0 fully saturated rings. The number of amides is 1. The molecule has 0 spiro atoms. The number of pyridine rings is 1. The fraction of sp³-hybridized carbons (Fsp3) is 0.455. The van der Waals surface area contributed by atoms with Crippen molar-refractivity contribution in [1.82, 2.24) is 4.98 Å². The molecule has 2 atom stereocenters. The average molecular weight is 242 g/mol. The van der Waals surface area contributed by atoms with Gasteiger partial charge in [-0.1, -0.05) is 31.9 Å². The predicted molar refractivity (Wildman–Crippen MR) is 65.3 cm³/mol. The third-order valence-electron chi connectivity index (χ3n) is 2.55. The van der Waals surface area contributed by atoms with E-state index in [4.69, 9.17) is 17.3 Å². The maximum Gasteiger partial charge on any atom is 0.241 e. The van der Waals surface area contributed by atoms with Crippen molar-refractivity contribution in [3.8, 4) is 0 Å². The molecule has 3 N–H and O–H groups in total. The lowest BCUT2D eigenvalue weighted by Crippen LogP contribution is -2.40. The number of aromatic nitrogens is 1. The van der Waals surface area contributed by atoms with Gasteiger partial charge in [0.1, 0.15) is 5.15 Å². The topological polar surface area (TPSA) is 68.0 Å². The molecule has 0 aliphatic heterocycles. The van der Waals surface area contributed by atoms with Crippen molar-refractivity contribution in [2.45, 2.75) is 26.3 Å². The first-order valence-electron chi connectivity index (χ1n) is 5.22. The van der Waals surface area contributed by atoms with Gasteiger partial charge in [0.25, 0.3) is 0 Å². The molecule has 0 saturated heterocycles. The molecule has 16 heavy (non-hydrogen) atoms. The highest BCUT2D eigenvalue weighted by molar-refractivity contribution is 6.29. The third-order valence-corrected chi connectivity index (χ3v) is 2.78. The number of nitrogens with one attached hydrogen (secondary N) is 1. The van der Waals surface area contributed by atoms with E-state index in [1.54, 1.807) is 12.1 Å². The minimum atomic E-state index is -0.499. The molecule has 0 saturated carbocycles. The number of anilines is 1. The molecule has 1 aromatic heterocycles. The number of nitrogens with two attached hydrogens (primary N) is 1. The second-order valence-electron chi connectivity index (χ2n) is 3.77. The van der Waals surface area contributed by atoms with Crippen LogP contribution in [0, 0.1) is 5.92 Å². The molecule has 4 nitrogen and oxygen atoms in total. The van der Waals surface area contributed by atoms with Crippen molar-refractivity contribution in [2.24, 2.45) is 11.7 Å². The van der Waals surface area contributed by atoms with Crippen molar-refractivity contribution in [2.75, 3.05) is 5.32 Å². The number of carbonyl (C=O) groups is 1. The fourth-order valence-electron chi connectivity index (χ4n) is 1.19. The normalized spacial score (nSPS) is 14.2. The number of hydrogen-bond acceptors (Lipinski definition) is 3. The molecule has 0 aromatic carbocycles. The molecule has 88 valence electrons. The maximum atomic E-state index is 11.7. The molecule has 1 rings (SSSR count). The summed E-state index contributed by atoms with van der Waals surface area (Å²) in [5.41, 5.74) is 6.40. The Morgan fingerprint density at radius 1 is 1.62 bits per heavy atom. The first kappa shape index (κ1) is 12.9. The largest absolute Gasteiger partial charge is 0.323 e. The maximum absolute atomic E-state index is 11.7. The number of carbonyl (C=O) groups excluding carboxylic acids is 1. The Morgan fingerprint density at radius 2 is 2.31 bits per heavy atom. The molecule has 0 radical (unpaired) electrons. The number of halogens is 1. The van der Waals surface area contributed by atoms with Crippen molar-refractivity contribution in [3.63, 3.8) is 0 Å². The summed E-state index contributed by atoms with van der Waals surface area (Å²) >= 11 is 5.64. The van der Waals surface area contributed by atoms with Crippen LogP contribution in [0.1, 0.15) is 20.3 Å². The van der Waals surface area contributed by atoms with Gasteiger partial charge in [-0.25, -0.2) is 4.98 Å². The molecule has 5 heteroatoms. The second kappa shape index (κ2) is 5.82. The molecule has 1 heterocycles. The van der Waals surface area contributed by atoms with Gasteiger partial charge < -0.3 is 11.1 Å². The van der Waals surface area contributed by atoms with Gasteiger partial charge in [-0.3, -0.25) is 4.79 Å². The summed E-state index contributed by atoms with van der Waals surface area (Å²) in [6.07, 6.45) is 2.37. The summed E-state index contributed by atoms with van der Waals surface area (Å²) in [6, 6.07) is 2.81. The molecule has 0 bridgehead atoms. The Kier molecular flexibility index (Phi) is 4.71. The van der Waals surface area contributed by atoms with Crippen molar-refractivity contribution < 1.29 is 4.79 Å². The van der Waals surface area contributed by atoms with Crippen LogP contribution in [0.15, 0.2) is 18.3 Å². The third kappa shape index (κ3) is 3.47. The van der Waals surface area contributed by atoms with Crippen LogP contribution in [-0.2, 0) is 4.79 Å². The zero-order chi connectivity index (χ0) is 12.1. The van der Waals surface area contributed by atoms with E-state index in [1.165, 1.54) is 6.20 Å². The van der Waals surface area contributed by atoms with Crippen molar-refractivity contribution in [3.05, 3.63) is 23.5 Å². The Balaban J connectivity index is 2.60. The van der Waals surface area contributed by atoms with E-state index in [9.17, 15) is 4.79 Å². The minimum Gasteiger partial charge on any atom is -0.323 e. The Morgan fingerprint density at radius 3 is 2.81 bits per heavy atom. The first-order valence-corrected chi connectivity index (χ1v) is 5.60. The Bertz CT molecular complexity index is 353. The van der Waals surface area contributed by atoms with E-state index >= 15 is 0 Å². The quantitative estimate of drug-likeness (QED) is 0.793. The molecule has 0 aliphatic rings. The number of nitrogens with zero attached hydrogens (tertiary/aromatic N) is 1. The summed E-state index contributed by atoms with van der Waals surface area (Å²) in [5, 5.41) is 3.09. The van der Waals surface area contributed by atoms with Gasteiger partial charge in [0.2, 0.25) is 5.91 Å². The molecular formula is C11H16ClN3O. The van der Waals surface area contributed by atoms with E-state index < -0.39 is 6.04 Å². The lowest BCUT2D eigenvalue weighted by atomic mass is 9.99. The van der Waals surface area contributed by atoms with Gasteiger partial charge in [-0.05, 0) is 18.1 Å². The Hall–Kier alpha value is -1.13. The van der Waals surface area contributed by atoms with E-state index in [0.29, 0.717) is 10.8 Å². The van der Waals surface area contributed by atoms with E-state index in [0.717, 1.165) is 6.42 Å². The van der Waals surface area contributed by atoms with Crippen LogP contribution in [0.5, 0.6) is 0 Å². The highest BCUT2D eigenvalue weighted by Gasteiger charge is 2.19. The zero-order valence-corrected chi connectivity index (χ0v) is 10.2. The van der Waals surface area contributed by atoms with Gasteiger partial charge in [0, 0.05) is 0 Å². The summed E-state index contributed by atoms with van der Waals surface area (Å²) < 4.78 is 0. The number of hydrogen-bond donors (Lipinski definition) is 2. The molecular weight excluding hydrogens is 226 g/mol. The number of rotatable bonds is 4. The molecule has 2 unspecified atom stereocenters. The van der Waals surface area contributed by atoms with Crippen LogP contribution in [0.4, 0.5) is 5.69 Å². The van der Waals surface area contributed by atoms with Gasteiger partial charge in [0.05, 0.1) is 17.9 Å². The summed E-state index contributed by atoms with van der Waals surface area (Å²) in [5.74, 6) is -0.0428. The smallest absolute Gasteiger partial charge is 0.241 e. The Labute approximate surface area is 100 Å². The van der Waals surface area contributed by atoms with Crippen LogP contribution in [0.3, 0.4) is 0 Å². The minimum absolute atomic E-state index is 0.153. The summed E-state index contributed by atoms with van der Waals surface area (Å²) in [4.78, 5) is 15.6. The molecule has 1 amide bonds. The van der Waals surface area contributed by atoms with Crippen LogP contribution in [0.2, 0.25) is 5.15 Å². The standard InChI is InChI=1S/C11H16ClN3O/c1-3-7(2)10(13)11(16)15-8-4-5-9(12)14-6-8/h4-7,10H,3,13H2,1-2H3,(H,15,16).